The van der Waals surface area contributed by atoms with Crippen LogP contribution in [0.5, 0.6) is 0 Å². The molecule has 2 aliphatic rings. The first-order chi connectivity index (χ1) is 10.6. The van der Waals surface area contributed by atoms with Gasteiger partial charge in [-0.15, -0.1) is 10.2 Å². The average molecular weight is 325 g/mol. The molecule has 3 heterocycles. The standard InChI is InChI=1S/C14H23N5O2S/c1-11(2)16-12(20)18-6-7-21-14(8-18)4-3-5-19(9-14)13-17-15-10-22-13/h10-11H,3-9H2,1-2H3,(H,16,20). The average Bonchev–Trinajstić information content (AvgIpc) is 3.01. The fourth-order valence-corrected chi connectivity index (χ4v) is 3.76. The number of hydrogen-bond acceptors (Lipinski definition) is 6. The minimum atomic E-state index is -0.281. The molecular weight excluding hydrogens is 302 g/mol. The van der Waals surface area contributed by atoms with Crippen molar-refractivity contribution in [3.63, 3.8) is 0 Å². The summed E-state index contributed by atoms with van der Waals surface area (Å²) in [6.07, 6.45) is 2.02. The smallest absolute Gasteiger partial charge is 0.317 e. The number of piperidine rings is 1. The third-order valence-corrected chi connectivity index (χ3v) is 4.86. The van der Waals surface area contributed by atoms with E-state index >= 15 is 0 Å². The van der Waals surface area contributed by atoms with E-state index in [1.807, 2.05) is 18.7 Å². The first-order valence-electron chi connectivity index (χ1n) is 7.78. The zero-order valence-electron chi connectivity index (χ0n) is 13.1. The Balaban J connectivity index is 1.68. The van der Waals surface area contributed by atoms with Crippen LogP contribution in [0.2, 0.25) is 0 Å². The minimum absolute atomic E-state index is 0.00529. The number of urea groups is 1. The van der Waals surface area contributed by atoms with Gasteiger partial charge in [0, 0.05) is 19.1 Å². The SMILES string of the molecule is CC(C)NC(=O)N1CCOC2(CCCN(c3nncs3)C2)C1. The number of rotatable bonds is 2. The van der Waals surface area contributed by atoms with Crippen molar-refractivity contribution in [3.05, 3.63) is 5.51 Å². The lowest BCUT2D eigenvalue weighted by molar-refractivity contribution is -0.103. The monoisotopic (exact) mass is 325 g/mol. The van der Waals surface area contributed by atoms with Gasteiger partial charge in [-0.25, -0.2) is 4.79 Å². The van der Waals surface area contributed by atoms with Gasteiger partial charge < -0.3 is 19.9 Å². The molecule has 122 valence electrons. The molecule has 2 amide bonds. The molecule has 1 spiro atoms. The van der Waals surface area contributed by atoms with E-state index in [-0.39, 0.29) is 17.7 Å². The molecule has 1 N–H and O–H groups in total. The van der Waals surface area contributed by atoms with Crippen molar-refractivity contribution in [2.45, 2.75) is 38.3 Å². The molecule has 0 radical (unpaired) electrons. The summed E-state index contributed by atoms with van der Waals surface area (Å²) in [7, 11) is 0. The number of ether oxygens (including phenoxy) is 1. The normalized spacial score (nSPS) is 25.8. The summed E-state index contributed by atoms with van der Waals surface area (Å²) >= 11 is 1.55. The summed E-state index contributed by atoms with van der Waals surface area (Å²) in [5, 5.41) is 12.0. The molecule has 2 saturated heterocycles. The van der Waals surface area contributed by atoms with E-state index in [4.69, 9.17) is 4.74 Å². The topological polar surface area (TPSA) is 70.6 Å². The number of aromatic nitrogens is 2. The Morgan fingerprint density at radius 3 is 3.05 bits per heavy atom. The highest BCUT2D eigenvalue weighted by atomic mass is 32.1. The molecule has 0 aromatic carbocycles. The van der Waals surface area contributed by atoms with Gasteiger partial charge in [-0.2, -0.15) is 0 Å². The van der Waals surface area contributed by atoms with Crippen LogP contribution in [0.15, 0.2) is 5.51 Å². The van der Waals surface area contributed by atoms with Gasteiger partial charge >= 0.3 is 6.03 Å². The lowest BCUT2D eigenvalue weighted by atomic mass is 9.91. The second-order valence-electron chi connectivity index (χ2n) is 6.30. The van der Waals surface area contributed by atoms with Crippen LogP contribution in [-0.4, -0.2) is 65.6 Å². The van der Waals surface area contributed by atoms with E-state index in [0.29, 0.717) is 19.7 Å². The third-order valence-electron chi connectivity index (χ3n) is 4.11. The second-order valence-corrected chi connectivity index (χ2v) is 7.12. The maximum atomic E-state index is 12.3. The Labute approximate surface area is 134 Å². The fourth-order valence-electron chi connectivity index (χ4n) is 3.17. The van der Waals surface area contributed by atoms with Gasteiger partial charge in [0.05, 0.1) is 19.7 Å². The molecule has 22 heavy (non-hydrogen) atoms. The zero-order chi connectivity index (χ0) is 15.6. The van der Waals surface area contributed by atoms with E-state index in [0.717, 1.165) is 31.1 Å². The number of carbonyl (C=O) groups excluding carboxylic acids is 1. The van der Waals surface area contributed by atoms with E-state index < -0.39 is 0 Å². The highest BCUT2D eigenvalue weighted by Crippen LogP contribution is 2.32. The molecule has 0 bridgehead atoms. The first-order valence-corrected chi connectivity index (χ1v) is 8.66. The Hall–Kier alpha value is -1.41. The van der Waals surface area contributed by atoms with Crippen molar-refractivity contribution in [1.82, 2.24) is 20.4 Å². The lowest BCUT2D eigenvalue weighted by Gasteiger charge is -2.47. The fraction of sp³-hybridized carbons (Fsp3) is 0.786. The maximum Gasteiger partial charge on any atom is 0.317 e. The van der Waals surface area contributed by atoms with Crippen LogP contribution >= 0.6 is 11.3 Å². The van der Waals surface area contributed by atoms with Gasteiger partial charge in [-0.3, -0.25) is 0 Å². The largest absolute Gasteiger partial charge is 0.369 e. The molecular formula is C14H23N5O2S. The van der Waals surface area contributed by atoms with Crippen LogP contribution in [-0.2, 0) is 4.74 Å². The Bertz CT molecular complexity index is 505. The number of amides is 2. The summed E-state index contributed by atoms with van der Waals surface area (Å²) in [6, 6.07) is 0.154. The summed E-state index contributed by atoms with van der Waals surface area (Å²) < 4.78 is 6.11. The summed E-state index contributed by atoms with van der Waals surface area (Å²) in [4.78, 5) is 16.4. The number of nitrogens with one attached hydrogen (secondary N) is 1. The van der Waals surface area contributed by atoms with Crippen LogP contribution in [0.1, 0.15) is 26.7 Å². The number of morpholine rings is 1. The van der Waals surface area contributed by atoms with Crippen molar-refractivity contribution < 1.29 is 9.53 Å². The van der Waals surface area contributed by atoms with Gasteiger partial charge in [-0.05, 0) is 26.7 Å². The van der Waals surface area contributed by atoms with E-state index in [1.165, 1.54) is 0 Å². The predicted octanol–water partition coefficient (Wildman–Crippen LogP) is 1.33. The van der Waals surface area contributed by atoms with Gasteiger partial charge in [0.1, 0.15) is 11.1 Å². The Morgan fingerprint density at radius 2 is 2.32 bits per heavy atom. The third kappa shape index (κ3) is 3.33. The van der Waals surface area contributed by atoms with Crippen LogP contribution < -0.4 is 10.2 Å². The van der Waals surface area contributed by atoms with Crippen LogP contribution in [0.4, 0.5) is 9.93 Å². The molecule has 1 atom stereocenters. The molecule has 0 saturated carbocycles. The second kappa shape index (κ2) is 6.37. The number of carbonyl (C=O) groups is 1. The highest BCUT2D eigenvalue weighted by Gasteiger charge is 2.42. The molecule has 2 fully saturated rings. The van der Waals surface area contributed by atoms with Gasteiger partial charge in [0.2, 0.25) is 5.13 Å². The zero-order valence-corrected chi connectivity index (χ0v) is 13.9. The summed E-state index contributed by atoms with van der Waals surface area (Å²) in [6.45, 7) is 7.58. The van der Waals surface area contributed by atoms with E-state index in [1.54, 1.807) is 16.8 Å². The molecule has 2 aliphatic heterocycles. The Morgan fingerprint density at radius 1 is 1.45 bits per heavy atom. The van der Waals surface area contributed by atoms with E-state index in [9.17, 15) is 4.79 Å². The predicted molar refractivity (Wildman–Crippen MR) is 85.3 cm³/mol. The van der Waals surface area contributed by atoms with Crippen LogP contribution in [0.25, 0.3) is 0 Å². The Kier molecular flexibility index (Phi) is 4.49. The quantitative estimate of drug-likeness (QED) is 0.888. The van der Waals surface area contributed by atoms with Crippen molar-refractivity contribution in [2.75, 3.05) is 37.7 Å². The molecule has 3 rings (SSSR count). The molecule has 0 aliphatic carbocycles. The maximum absolute atomic E-state index is 12.3. The molecule has 7 nitrogen and oxygen atoms in total. The van der Waals surface area contributed by atoms with Crippen molar-refractivity contribution in [3.8, 4) is 0 Å². The number of hydrogen-bond donors (Lipinski definition) is 1. The lowest BCUT2D eigenvalue weighted by Crippen LogP contribution is -2.62. The molecule has 1 aromatic heterocycles. The van der Waals surface area contributed by atoms with Crippen molar-refractivity contribution >= 4 is 22.5 Å². The van der Waals surface area contributed by atoms with Crippen LogP contribution in [0.3, 0.4) is 0 Å². The van der Waals surface area contributed by atoms with Crippen molar-refractivity contribution in [2.24, 2.45) is 0 Å². The van der Waals surface area contributed by atoms with Gasteiger partial charge in [-0.1, -0.05) is 11.3 Å². The van der Waals surface area contributed by atoms with Gasteiger partial charge in [0.15, 0.2) is 0 Å². The molecule has 8 heteroatoms. The minimum Gasteiger partial charge on any atom is -0.369 e. The molecule has 1 aromatic rings. The first kappa shape index (κ1) is 15.5. The van der Waals surface area contributed by atoms with Gasteiger partial charge in [0.25, 0.3) is 0 Å². The summed E-state index contributed by atoms with van der Waals surface area (Å²) in [5.74, 6) is 0. The number of anilines is 1. The summed E-state index contributed by atoms with van der Waals surface area (Å²) in [5.41, 5.74) is 1.47. The van der Waals surface area contributed by atoms with Crippen LogP contribution in [0, 0.1) is 0 Å². The van der Waals surface area contributed by atoms with E-state index in [2.05, 4.69) is 20.4 Å². The number of nitrogens with zero attached hydrogens (tertiary/aromatic N) is 4. The molecule has 1 unspecified atom stereocenters. The van der Waals surface area contributed by atoms with Crippen molar-refractivity contribution in [1.29, 1.82) is 0 Å². The highest BCUT2D eigenvalue weighted by molar-refractivity contribution is 7.13.